The van der Waals surface area contributed by atoms with Gasteiger partial charge in [-0.05, 0) is 6.07 Å². The first-order chi connectivity index (χ1) is 13.4. The summed E-state index contributed by atoms with van der Waals surface area (Å²) < 4.78 is 43.7. The van der Waals surface area contributed by atoms with E-state index >= 15 is 0 Å². The van der Waals surface area contributed by atoms with Gasteiger partial charge in [0, 0.05) is 23.2 Å². The molecule has 0 bridgehead atoms. The first-order valence-corrected chi connectivity index (χ1v) is 9.28. The van der Waals surface area contributed by atoms with Crippen molar-refractivity contribution < 1.29 is 22.7 Å². The van der Waals surface area contributed by atoms with Gasteiger partial charge in [0.05, 0.1) is 18.7 Å². The van der Waals surface area contributed by atoms with Gasteiger partial charge in [0.25, 0.3) is 5.91 Å². The minimum atomic E-state index is -4.45. The number of carbonyl (C=O) groups is 1. The summed E-state index contributed by atoms with van der Waals surface area (Å²) >= 11 is 1.38. The van der Waals surface area contributed by atoms with Crippen LogP contribution in [0.3, 0.4) is 0 Å². The van der Waals surface area contributed by atoms with Crippen LogP contribution in [0.1, 0.15) is 16.1 Å². The van der Waals surface area contributed by atoms with E-state index in [4.69, 9.17) is 4.74 Å². The molecule has 4 rings (SSSR count). The van der Waals surface area contributed by atoms with Crippen LogP contribution in [0, 0.1) is 0 Å². The number of rotatable bonds is 4. The maximum atomic E-state index is 12.7. The fourth-order valence-corrected chi connectivity index (χ4v) is 3.55. The number of nitrogens with zero attached hydrogens (tertiary/aromatic N) is 3. The van der Waals surface area contributed by atoms with Gasteiger partial charge in [-0.2, -0.15) is 13.2 Å². The lowest BCUT2D eigenvalue weighted by Crippen LogP contribution is -2.56. The predicted molar refractivity (Wildman–Crippen MR) is 97.1 cm³/mol. The summed E-state index contributed by atoms with van der Waals surface area (Å²) in [6, 6.07) is 11.3. The van der Waals surface area contributed by atoms with E-state index in [1.807, 2.05) is 30.3 Å². The number of hydrogen-bond donors (Lipinski definition) is 0. The Labute approximate surface area is 162 Å². The second-order valence-corrected chi connectivity index (χ2v) is 7.09. The van der Waals surface area contributed by atoms with Crippen LogP contribution < -0.4 is 4.74 Å². The summed E-state index contributed by atoms with van der Waals surface area (Å²) in [7, 11) is 0. The van der Waals surface area contributed by atoms with Gasteiger partial charge in [0.15, 0.2) is 0 Å². The zero-order valence-corrected chi connectivity index (χ0v) is 15.2. The summed E-state index contributed by atoms with van der Waals surface area (Å²) in [5, 5.41) is 2.46. The molecule has 9 heteroatoms. The molecule has 5 nitrogen and oxygen atoms in total. The van der Waals surface area contributed by atoms with Gasteiger partial charge in [-0.25, -0.2) is 9.97 Å². The highest BCUT2D eigenvalue weighted by molar-refractivity contribution is 7.13. The third-order valence-electron chi connectivity index (χ3n) is 4.23. The fraction of sp³-hybridized carbons (Fsp3) is 0.211. The SMILES string of the molecule is O=C(c1csc(-c2ccccc2)n1)N1CC(Oc2cc(C(F)(F)F)ccn2)C1. The quantitative estimate of drug-likeness (QED) is 0.655. The number of benzene rings is 1. The minimum absolute atomic E-state index is 0.105. The average molecular weight is 405 g/mol. The van der Waals surface area contributed by atoms with Gasteiger partial charge < -0.3 is 9.64 Å². The molecule has 1 saturated heterocycles. The molecule has 0 saturated carbocycles. The molecule has 0 radical (unpaired) electrons. The number of carbonyl (C=O) groups excluding carboxylic acids is 1. The minimum Gasteiger partial charge on any atom is -0.471 e. The number of alkyl halides is 3. The van der Waals surface area contributed by atoms with Crippen molar-refractivity contribution >= 4 is 17.2 Å². The molecule has 1 amide bonds. The third-order valence-corrected chi connectivity index (χ3v) is 5.12. The normalized spacial score (nSPS) is 14.6. The van der Waals surface area contributed by atoms with Crippen LogP contribution in [0.2, 0.25) is 0 Å². The van der Waals surface area contributed by atoms with Crippen LogP contribution in [-0.4, -0.2) is 40.0 Å². The third kappa shape index (κ3) is 3.84. The molecule has 0 aliphatic carbocycles. The second-order valence-electron chi connectivity index (χ2n) is 6.23. The Hall–Kier alpha value is -2.94. The molecule has 3 aromatic rings. The number of thiazole rings is 1. The van der Waals surface area contributed by atoms with Crippen LogP contribution in [0.5, 0.6) is 5.88 Å². The van der Waals surface area contributed by atoms with E-state index in [0.717, 1.165) is 28.9 Å². The molecular formula is C19H14F3N3O2S. The average Bonchev–Trinajstić information content (AvgIpc) is 3.14. The molecule has 1 aliphatic heterocycles. The highest BCUT2D eigenvalue weighted by Crippen LogP contribution is 2.31. The summed E-state index contributed by atoms with van der Waals surface area (Å²) in [6.07, 6.45) is -3.80. The van der Waals surface area contributed by atoms with E-state index in [-0.39, 0.29) is 24.9 Å². The van der Waals surface area contributed by atoms with Crippen LogP contribution in [0.4, 0.5) is 13.2 Å². The Bertz CT molecular complexity index is 985. The highest BCUT2D eigenvalue weighted by Gasteiger charge is 2.35. The molecule has 0 unspecified atom stereocenters. The number of likely N-dealkylation sites (tertiary alicyclic amines) is 1. The largest absolute Gasteiger partial charge is 0.471 e. The molecule has 1 aliphatic rings. The number of aromatic nitrogens is 2. The molecular weight excluding hydrogens is 391 g/mol. The first kappa shape index (κ1) is 18.4. The fourth-order valence-electron chi connectivity index (χ4n) is 2.75. The van der Waals surface area contributed by atoms with Crippen molar-refractivity contribution in [1.82, 2.24) is 14.9 Å². The predicted octanol–water partition coefficient (Wildman–Crippen LogP) is 4.13. The summed E-state index contributed by atoms with van der Waals surface area (Å²) in [6.45, 7) is 0.546. The topological polar surface area (TPSA) is 55.3 Å². The lowest BCUT2D eigenvalue weighted by Gasteiger charge is -2.38. The van der Waals surface area contributed by atoms with Gasteiger partial charge in [0.1, 0.15) is 16.8 Å². The van der Waals surface area contributed by atoms with E-state index < -0.39 is 17.8 Å². The maximum absolute atomic E-state index is 12.7. The Balaban J connectivity index is 1.36. The summed E-state index contributed by atoms with van der Waals surface area (Å²) in [4.78, 5) is 22.2. The van der Waals surface area contributed by atoms with Crippen LogP contribution in [0.25, 0.3) is 10.6 Å². The van der Waals surface area contributed by atoms with Crippen LogP contribution in [0.15, 0.2) is 54.0 Å². The zero-order valence-electron chi connectivity index (χ0n) is 14.4. The van der Waals surface area contributed by atoms with Gasteiger partial charge in [-0.1, -0.05) is 30.3 Å². The molecule has 2 aromatic heterocycles. The smallest absolute Gasteiger partial charge is 0.416 e. The van der Waals surface area contributed by atoms with E-state index in [1.165, 1.54) is 11.3 Å². The van der Waals surface area contributed by atoms with Gasteiger partial charge >= 0.3 is 6.18 Å². The Kier molecular flexibility index (Phi) is 4.76. The summed E-state index contributed by atoms with van der Waals surface area (Å²) in [5.74, 6) is -0.331. The summed E-state index contributed by atoms with van der Waals surface area (Å²) in [5.41, 5.74) is 0.465. The molecule has 0 spiro atoms. The van der Waals surface area contributed by atoms with Crippen molar-refractivity contribution in [3.8, 4) is 16.5 Å². The van der Waals surface area contributed by atoms with Gasteiger partial charge in [-0.3, -0.25) is 4.79 Å². The monoisotopic (exact) mass is 405 g/mol. The number of ether oxygens (including phenoxy) is 1. The standard InChI is InChI=1S/C19H14F3N3O2S/c20-19(21,22)13-6-7-23-16(8-13)27-14-9-25(10-14)18(26)15-11-28-17(24-15)12-4-2-1-3-5-12/h1-8,11,14H,9-10H2. The molecule has 0 N–H and O–H groups in total. The van der Waals surface area contributed by atoms with Crippen molar-refractivity contribution in [1.29, 1.82) is 0 Å². The Morgan fingerprint density at radius 2 is 1.93 bits per heavy atom. The Morgan fingerprint density at radius 1 is 1.18 bits per heavy atom. The molecule has 3 heterocycles. The molecule has 0 atom stereocenters. The highest BCUT2D eigenvalue weighted by atomic mass is 32.1. The molecule has 144 valence electrons. The van der Waals surface area contributed by atoms with Gasteiger partial charge in [-0.15, -0.1) is 11.3 Å². The van der Waals surface area contributed by atoms with Crippen molar-refractivity contribution in [2.75, 3.05) is 13.1 Å². The lowest BCUT2D eigenvalue weighted by atomic mass is 10.1. The van der Waals surface area contributed by atoms with Crippen molar-refractivity contribution in [3.63, 3.8) is 0 Å². The number of hydrogen-bond acceptors (Lipinski definition) is 5. The lowest BCUT2D eigenvalue weighted by molar-refractivity contribution is -0.137. The van der Waals surface area contributed by atoms with Crippen molar-refractivity contribution in [3.05, 3.63) is 65.3 Å². The van der Waals surface area contributed by atoms with Crippen molar-refractivity contribution in [2.45, 2.75) is 12.3 Å². The molecule has 28 heavy (non-hydrogen) atoms. The second kappa shape index (κ2) is 7.23. The Morgan fingerprint density at radius 3 is 2.64 bits per heavy atom. The van der Waals surface area contributed by atoms with E-state index in [1.54, 1.807) is 10.3 Å². The molecule has 1 fully saturated rings. The van der Waals surface area contributed by atoms with Crippen LogP contribution >= 0.6 is 11.3 Å². The van der Waals surface area contributed by atoms with Crippen LogP contribution in [-0.2, 0) is 6.18 Å². The first-order valence-electron chi connectivity index (χ1n) is 8.40. The number of halogens is 3. The zero-order chi connectivity index (χ0) is 19.7. The maximum Gasteiger partial charge on any atom is 0.416 e. The van der Waals surface area contributed by atoms with E-state index in [2.05, 4.69) is 9.97 Å². The van der Waals surface area contributed by atoms with Crippen molar-refractivity contribution in [2.24, 2.45) is 0 Å². The number of amides is 1. The van der Waals surface area contributed by atoms with E-state index in [0.29, 0.717) is 5.69 Å². The number of pyridine rings is 1. The molecule has 1 aromatic carbocycles. The van der Waals surface area contributed by atoms with Gasteiger partial charge in [0.2, 0.25) is 5.88 Å². The van der Waals surface area contributed by atoms with E-state index in [9.17, 15) is 18.0 Å².